The zero-order chi connectivity index (χ0) is 23.0. The minimum Gasteiger partial charge on any atom is -0.449 e. The van der Waals surface area contributed by atoms with Crippen LogP contribution >= 0.6 is 0 Å². The Morgan fingerprint density at radius 3 is 1.76 bits per heavy atom. The van der Waals surface area contributed by atoms with E-state index in [1.165, 1.54) is 16.7 Å². The molecule has 0 saturated heterocycles. The largest absolute Gasteiger partial charge is 0.449 e. The molecule has 0 amide bonds. The Balaban J connectivity index is 1.39. The third-order valence-corrected chi connectivity index (χ3v) is 5.56. The summed E-state index contributed by atoms with van der Waals surface area (Å²) in [5, 5.41) is 3.48. The summed E-state index contributed by atoms with van der Waals surface area (Å²) in [6, 6.07) is 33.9. The molecule has 4 aromatic rings. The van der Waals surface area contributed by atoms with Crippen molar-refractivity contribution in [3.63, 3.8) is 0 Å². The molecule has 0 aromatic heterocycles. The minimum atomic E-state index is -0.445. The minimum absolute atomic E-state index is 0.331. The van der Waals surface area contributed by atoms with E-state index >= 15 is 0 Å². The van der Waals surface area contributed by atoms with E-state index in [4.69, 9.17) is 4.74 Å². The predicted octanol–water partition coefficient (Wildman–Crippen LogP) is 6.54. The van der Waals surface area contributed by atoms with Crippen LogP contribution in [0.5, 0.6) is 0 Å². The number of ether oxygens (including phenoxy) is 1. The highest BCUT2D eigenvalue weighted by Crippen LogP contribution is 2.27. The van der Waals surface area contributed by atoms with E-state index in [2.05, 4.69) is 37.4 Å². The van der Waals surface area contributed by atoms with Crippen LogP contribution < -0.4 is 5.32 Å². The summed E-state index contributed by atoms with van der Waals surface area (Å²) < 4.78 is 5.96. The van der Waals surface area contributed by atoms with Crippen LogP contribution in [0.1, 0.15) is 49.8 Å². The van der Waals surface area contributed by atoms with Crippen LogP contribution in [0.4, 0.5) is 0 Å². The topological polar surface area (TPSA) is 38.3 Å². The van der Waals surface area contributed by atoms with Gasteiger partial charge in [0, 0.05) is 13.1 Å². The van der Waals surface area contributed by atoms with Gasteiger partial charge in [-0.3, -0.25) is 0 Å². The Labute approximate surface area is 196 Å². The average Bonchev–Trinajstić information content (AvgIpc) is 2.83. The third-order valence-electron chi connectivity index (χ3n) is 5.56. The van der Waals surface area contributed by atoms with E-state index in [0.29, 0.717) is 5.56 Å². The standard InChI is InChI=1S/C30H29NO2/c1-22-17-23(2)19-25(18-22)21-31-20-24-13-15-28(16-14-24)30(32)33-29(26-9-5-3-6-10-26)27-11-7-4-8-12-27/h3-19,29,31H,20-21H2,1-2H3. The molecule has 0 atom stereocenters. The first kappa shape index (κ1) is 22.5. The molecule has 0 heterocycles. The van der Waals surface area contributed by atoms with Gasteiger partial charge in [-0.25, -0.2) is 4.79 Å². The maximum absolute atomic E-state index is 12.9. The van der Waals surface area contributed by atoms with Crippen molar-refractivity contribution in [1.82, 2.24) is 5.32 Å². The van der Waals surface area contributed by atoms with E-state index < -0.39 is 6.10 Å². The van der Waals surface area contributed by atoms with Crippen molar-refractivity contribution in [2.75, 3.05) is 0 Å². The highest BCUT2D eigenvalue weighted by Gasteiger charge is 2.19. The molecule has 1 N–H and O–H groups in total. The molecule has 0 unspecified atom stereocenters. The van der Waals surface area contributed by atoms with Crippen molar-refractivity contribution in [1.29, 1.82) is 0 Å². The number of carbonyl (C=O) groups is 1. The molecule has 0 bridgehead atoms. The highest BCUT2D eigenvalue weighted by atomic mass is 16.5. The van der Waals surface area contributed by atoms with E-state index in [1.54, 1.807) is 0 Å². The zero-order valence-corrected chi connectivity index (χ0v) is 19.1. The molecule has 4 aromatic carbocycles. The molecule has 3 nitrogen and oxygen atoms in total. The van der Waals surface area contributed by atoms with Gasteiger partial charge < -0.3 is 10.1 Å². The highest BCUT2D eigenvalue weighted by molar-refractivity contribution is 5.89. The lowest BCUT2D eigenvalue weighted by molar-refractivity contribution is 0.0378. The molecular formula is C30H29NO2. The lowest BCUT2D eigenvalue weighted by atomic mass is 10.0. The zero-order valence-electron chi connectivity index (χ0n) is 19.1. The maximum Gasteiger partial charge on any atom is 0.339 e. The number of hydrogen-bond donors (Lipinski definition) is 1. The van der Waals surface area contributed by atoms with Crippen LogP contribution in [0.15, 0.2) is 103 Å². The van der Waals surface area contributed by atoms with Gasteiger partial charge >= 0.3 is 5.97 Å². The maximum atomic E-state index is 12.9. The van der Waals surface area contributed by atoms with Gasteiger partial charge in [-0.05, 0) is 48.2 Å². The van der Waals surface area contributed by atoms with Gasteiger partial charge in [-0.1, -0.05) is 102 Å². The number of nitrogens with one attached hydrogen (secondary N) is 1. The summed E-state index contributed by atoms with van der Waals surface area (Å²) >= 11 is 0. The van der Waals surface area contributed by atoms with Crippen LogP contribution in [-0.2, 0) is 17.8 Å². The van der Waals surface area contributed by atoms with Crippen LogP contribution in [0.25, 0.3) is 0 Å². The number of hydrogen-bond acceptors (Lipinski definition) is 3. The van der Waals surface area contributed by atoms with Crippen molar-refractivity contribution in [3.05, 3.63) is 142 Å². The number of esters is 1. The van der Waals surface area contributed by atoms with Crippen LogP contribution in [-0.4, -0.2) is 5.97 Å². The molecule has 0 fully saturated rings. The summed E-state index contributed by atoms with van der Waals surface area (Å²) in [6.07, 6.45) is -0.445. The van der Waals surface area contributed by atoms with Crippen molar-refractivity contribution in [2.24, 2.45) is 0 Å². The molecule has 0 saturated carbocycles. The van der Waals surface area contributed by atoms with Gasteiger partial charge in [0.25, 0.3) is 0 Å². The summed E-state index contributed by atoms with van der Waals surface area (Å²) in [6.45, 7) is 5.78. The second-order valence-electron chi connectivity index (χ2n) is 8.40. The fourth-order valence-electron chi connectivity index (χ4n) is 4.04. The Morgan fingerprint density at radius 1 is 0.697 bits per heavy atom. The second-order valence-corrected chi connectivity index (χ2v) is 8.40. The van der Waals surface area contributed by atoms with Crippen molar-refractivity contribution in [3.8, 4) is 0 Å². The summed E-state index contributed by atoms with van der Waals surface area (Å²) in [7, 11) is 0. The number of aryl methyl sites for hydroxylation is 2. The molecule has 0 aliphatic heterocycles. The second kappa shape index (κ2) is 10.8. The Bertz CT molecular complexity index is 1130. The monoisotopic (exact) mass is 435 g/mol. The third kappa shape index (κ3) is 6.18. The smallest absolute Gasteiger partial charge is 0.339 e. The van der Waals surface area contributed by atoms with E-state index in [1.807, 2.05) is 84.9 Å². The fourth-order valence-corrected chi connectivity index (χ4v) is 4.04. The number of rotatable bonds is 8. The molecule has 0 spiro atoms. The van der Waals surface area contributed by atoms with E-state index in [-0.39, 0.29) is 5.97 Å². The predicted molar refractivity (Wildman–Crippen MR) is 133 cm³/mol. The first-order valence-electron chi connectivity index (χ1n) is 11.3. The first-order valence-corrected chi connectivity index (χ1v) is 11.3. The quantitative estimate of drug-likeness (QED) is 0.319. The van der Waals surface area contributed by atoms with Gasteiger partial charge in [0.1, 0.15) is 0 Å². The molecular weight excluding hydrogens is 406 g/mol. The molecule has 4 rings (SSSR count). The molecule has 0 radical (unpaired) electrons. The van der Waals surface area contributed by atoms with E-state index in [9.17, 15) is 4.79 Å². The molecule has 33 heavy (non-hydrogen) atoms. The van der Waals surface area contributed by atoms with Gasteiger partial charge in [0.2, 0.25) is 0 Å². The first-order chi connectivity index (χ1) is 16.1. The molecule has 3 heteroatoms. The van der Waals surface area contributed by atoms with Gasteiger partial charge in [0.15, 0.2) is 6.10 Å². The Hall–Kier alpha value is -3.69. The molecule has 166 valence electrons. The van der Waals surface area contributed by atoms with Gasteiger partial charge in [-0.2, -0.15) is 0 Å². The average molecular weight is 436 g/mol. The number of carbonyl (C=O) groups excluding carboxylic acids is 1. The van der Waals surface area contributed by atoms with Crippen LogP contribution in [0, 0.1) is 13.8 Å². The van der Waals surface area contributed by atoms with Gasteiger partial charge in [0.05, 0.1) is 5.56 Å². The number of benzene rings is 4. The van der Waals surface area contributed by atoms with E-state index in [0.717, 1.165) is 29.8 Å². The van der Waals surface area contributed by atoms with Crippen LogP contribution in [0.2, 0.25) is 0 Å². The summed E-state index contributed by atoms with van der Waals surface area (Å²) in [4.78, 5) is 12.9. The van der Waals surface area contributed by atoms with Crippen molar-refractivity contribution >= 4 is 5.97 Å². The molecule has 0 aliphatic carbocycles. The SMILES string of the molecule is Cc1cc(C)cc(CNCc2ccc(C(=O)OC(c3ccccc3)c3ccccc3)cc2)c1. The Kier molecular flexibility index (Phi) is 7.33. The lowest BCUT2D eigenvalue weighted by Crippen LogP contribution is -2.14. The normalized spacial score (nSPS) is 10.9. The van der Waals surface area contributed by atoms with Crippen LogP contribution in [0.3, 0.4) is 0 Å². The van der Waals surface area contributed by atoms with Gasteiger partial charge in [-0.15, -0.1) is 0 Å². The molecule has 0 aliphatic rings. The summed E-state index contributed by atoms with van der Waals surface area (Å²) in [5.74, 6) is -0.331. The Morgan fingerprint density at radius 2 is 1.21 bits per heavy atom. The summed E-state index contributed by atoms with van der Waals surface area (Å²) in [5.41, 5.74) is 7.40. The van der Waals surface area contributed by atoms with Crippen molar-refractivity contribution < 1.29 is 9.53 Å². The van der Waals surface area contributed by atoms with Crippen molar-refractivity contribution in [2.45, 2.75) is 33.0 Å². The fraction of sp³-hybridized carbons (Fsp3) is 0.167. The lowest BCUT2D eigenvalue weighted by Gasteiger charge is -2.19.